The lowest BCUT2D eigenvalue weighted by Crippen LogP contribution is -2.40. The van der Waals surface area contributed by atoms with Gasteiger partial charge in [-0.3, -0.25) is 0 Å². The minimum Gasteiger partial charge on any atom is -0.488 e. The number of halogens is 3. The van der Waals surface area contributed by atoms with E-state index in [0.717, 1.165) is 11.3 Å². The normalized spacial score (nSPS) is 18.6. The predicted octanol–water partition coefficient (Wildman–Crippen LogP) is 1.86. The highest BCUT2D eigenvalue weighted by Crippen LogP contribution is 2.30. The van der Waals surface area contributed by atoms with Gasteiger partial charge in [0.15, 0.2) is 0 Å². The molecular formula is C12H14ClF2NO2. The number of nitrogens with one attached hydrogen (secondary N) is 1. The Balaban J connectivity index is 1.81. The molecule has 0 aliphatic carbocycles. The Labute approximate surface area is 109 Å². The van der Waals surface area contributed by atoms with E-state index >= 15 is 0 Å². The quantitative estimate of drug-likeness (QED) is 0.863. The largest absolute Gasteiger partial charge is 0.488 e. The van der Waals surface area contributed by atoms with Gasteiger partial charge in [0.1, 0.15) is 18.5 Å². The van der Waals surface area contributed by atoms with Gasteiger partial charge in [0.05, 0.1) is 6.54 Å². The number of aliphatic hydroxyl groups excluding tert-OH is 1. The average Bonchev–Trinajstić information content (AvgIpc) is 2.70. The molecule has 2 rings (SSSR count). The number of alkyl halides is 2. The fourth-order valence-electron chi connectivity index (χ4n) is 1.87. The molecular weight excluding hydrogens is 264 g/mol. The molecule has 0 amide bonds. The van der Waals surface area contributed by atoms with Crippen LogP contribution in [0.5, 0.6) is 5.75 Å². The van der Waals surface area contributed by atoms with Crippen LogP contribution in [-0.4, -0.2) is 36.8 Å². The number of ether oxygens (including phenoxy) is 1. The molecule has 1 aromatic rings. The Morgan fingerprint density at radius 3 is 3.00 bits per heavy atom. The van der Waals surface area contributed by atoms with Crippen LogP contribution in [0.1, 0.15) is 5.56 Å². The monoisotopic (exact) mass is 277 g/mol. The summed E-state index contributed by atoms with van der Waals surface area (Å²) in [6.07, 6.45) is 0.473. The molecule has 0 radical (unpaired) electrons. The van der Waals surface area contributed by atoms with Crippen LogP contribution < -0.4 is 10.1 Å². The van der Waals surface area contributed by atoms with E-state index in [1.807, 2.05) is 6.07 Å². The lowest BCUT2D eigenvalue weighted by molar-refractivity contribution is -0.0484. The Morgan fingerprint density at radius 2 is 2.28 bits per heavy atom. The molecule has 1 aliphatic rings. The van der Waals surface area contributed by atoms with Crippen molar-refractivity contribution in [1.29, 1.82) is 0 Å². The third kappa shape index (κ3) is 3.31. The van der Waals surface area contributed by atoms with Crippen LogP contribution in [0, 0.1) is 0 Å². The van der Waals surface area contributed by atoms with Crippen LogP contribution in [0.3, 0.4) is 0 Å². The first-order chi connectivity index (χ1) is 8.50. The number of rotatable bonds is 5. The minimum atomic E-state index is -3.09. The van der Waals surface area contributed by atoms with Gasteiger partial charge in [-0.1, -0.05) is 11.6 Å². The molecule has 1 aromatic carbocycles. The molecule has 0 saturated heterocycles. The van der Waals surface area contributed by atoms with Crippen LogP contribution in [0.2, 0.25) is 5.02 Å². The fourth-order valence-corrected chi connectivity index (χ4v) is 2.07. The van der Waals surface area contributed by atoms with Crippen molar-refractivity contribution in [2.45, 2.75) is 18.4 Å². The lowest BCUT2D eigenvalue weighted by atomic mass is 10.1. The number of aliphatic hydroxyl groups is 1. The SMILES string of the molecule is OCC(F)(F)CNCC1Cc2cc(Cl)ccc2O1. The second-order valence-corrected chi connectivity index (χ2v) is 4.78. The Kier molecular flexibility index (Phi) is 4.04. The molecule has 6 heteroatoms. The zero-order valence-corrected chi connectivity index (χ0v) is 10.4. The summed E-state index contributed by atoms with van der Waals surface area (Å²) < 4.78 is 31.1. The molecule has 1 unspecified atom stereocenters. The van der Waals surface area contributed by atoms with Gasteiger partial charge in [-0.05, 0) is 23.8 Å². The van der Waals surface area contributed by atoms with Gasteiger partial charge in [-0.15, -0.1) is 0 Å². The summed E-state index contributed by atoms with van der Waals surface area (Å²) in [7, 11) is 0. The topological polar surface area (TPSA) is 41.5 Å². The summed E-state index contributed by atoms with van der Waals surface area (Å²) in [5.74, 6) is -2.34. The number of benzene rings is 1. The van der Waals surface area contributed by atoms with Gasteiger partial charge in [0, 0.05) is 18.0 Å². The van der Waals surface area contributed by atoms with Crippen LogP contribution in [0.25, 0.3) is 0 Å². The third-order valence-electron chi connectivity index (χ3n) is 2.75. The standard InChI is InChI=1S/C12H14ClF2NO2/c13-9-1-2-11-8(3-9)4-10(18-11)5-16-6-12(14,15)7-17/h1-3,10,16-17H,4-7H2. The molecule has 0 spiro atoms. The van der Waals surface area contributed by atoms with Crippen LogP contribution >= 0.6 is 11.6 Å². The molecule has 1 aliphatic heterocycles. The van der Waals surface area contributed by atoms with E-state index in [-0.39, 0.29) is 6.10 Å². The maximum Gasteiger partial charge on any atom is 0.282 e. The molecule has 0 bridgehead atoms. The van der Waals surface area contributed by atoms with Crippen molar-refractivity contribution >= 4 is 11.6 Å². The summed E-state index contributed by atoms with van der Waals surface area (Å²) in [6, 6.07) is 5.33. The van der Waals surface area contributed by atoms with Gasteiger partial charge in [0.25, 0.3) is 5.92 Å². The first-order valence-corrected chi connectivity index (χ1v) is 6.02. The van der Waals surface area contributed by atoms with E-state index in [4.69, 9.17) is 21.4 Å². The van der Waals surface area contributed by atoms with Crippen molar-refractivity contribution in [1.82, 2.24) is 5.32 Å². The van der Waals surface area contributed by atoms with Gasteiger partial charge >= 0.3 is 0 Å². The van der Waals surface area contributed by atoms with E-state index < -0.39 is 19.1 Å². The van der Waals surface area contributed by atoms with E-state index in [2.05, 4.69) is 5.32 Å². The predicted molar refractivity (Wildman–Crippen MR) is 64.5 cm³/mol. The van der Waals surface area contributed by atoms with Crippen molar-refractivity contribution in [3.05, 3.63) is 28.8 Å². The number of hydrogen-bond donors (Lipinski definition) is 2. The Bertz CT molecular complexity index is 429. The van der Waals surface area contributed by atoms with Crippen LogP contribution in [0.15, 0.2) is 18.2 Å². The Hall–Kier alpha value is -0.910. The number of fused-ring (bicyclic) bond motifs is 1. The summed E-state index contributed by atoms with van der Waals surface area (Å²) in [4.78, 5) is 0. The summed E-state index contributed by atoms with van der Waals surface area (Å²) in [6.45, 7) is -1.40. The van der Waals surface area contributed by atoms with Crippen molar-refractivity contribution in [3.8, 4) is 5.75 Å². The van der Waals surface area contributed by atoms with Crippen molar-refractivity contribution in [3.63, 3.8) is 0 Å². The average molecular weight is 278 g/mol. The zero-order chi connectivity index (χ0) is 13.2. The molecule has 1 heterocycles. The first-order valence-electron chi connectivity index (χ1n) is 5.65. The molecule has 3 nitrogen and oxygen atoms in total. The van der Waals surface area contributed by atoms with E-state index in [0.29, 0.717) is 18.0 Å². The summed E-state index contributed by atoms with van der Waals surface area (Å²) in [5, 5.41) is 11.7. The molecule has 0 aromatic heterocycles. The number of hydrogen-bond acceptors (Lipinski definition) is 3. The second kappa shape index (κ2) is 5.38. The maximum absolute atomic E-state index is 12.8. The van der Waals surface area contributed by atoms with E-state index in [1.165, 1.54) is 0 Å². The Morgan fingerprint density at radius 1 is 1.50 bits per heavy atom. The van der Waals surface area contributed by atoms with Gasteiger partial charge in [-0.25, -0.2) is 8.78 Å². The van der Waals surface area contributed by atoms with Crippen LogP contribution in [-0.2, 0) is 6.42 Å². The molecule has 100 valence electrons. The van der Waals surface area contributed by atoms with Crippen molar-refractivity contribution < 1.29 is 18.6 Å². The minimum absolute atomic E-state index is 0.173. The van der Waals surface area contributed by atoms with Crippen LogP contribution in [0.4, 0.5) is 8.78 Å². The van der Waals surface area contributed by atoms with Gasteiger partial charge < -0.3 is 15.2 Å². The van der Waals surface area contributed by atoms with Crippen molar-refractivity contribution in [2.75, 3.05) is 19.7 Å². The lowest BCUT2D eigenvalue weighted by Gasteiger charge is -2.16. The summed E-state index contributed by atoms with van der Waals surface area (Å²) in [5.41, 5.74) is 0.989. The summed E-state index contributed by atoms with van der Waals surface area (Å²) >= 11 is 5.86. The third-order valence-corrected chi connectivity index (χ3v) is 2.99. The highest BCUT2D eigenvalue weighted by atomic mass is 35.5. The smallest absolute Gasteiger partial charge is 0.282 e. The highest BCUT2D eigenvalue weighted by Gasteiger charge is 2.28. The van der Waals surface area contributed by atoms with E-state index in [1.54, 1.807) is 12.1 Å². The van der Waals surface area contributed by atoms with Crippen molar-refractivity contribution in [2.24, 2.45) is 0 Å². The van der Waals surface area contributed by atoms with E-state index in [9.17, 15) is 8.78 Å². The molecule has 0 saturated carbocycles. The molecule has 2 N–H and O–H groups in total. The maximum atomic E-state index is 12.8. The van der Waals surface area contributed by atoms with Gasteiger partial charge in [-0.2, -0.15) is 0 Å². The second-order valence-electron chi connectivity index (χ2n) is 4.34. The first kappa shape index (κ1) is 13.5. The zero-order valence-electron chi connectivity index (χ0n) is 9.63. The molecule has 1 atom stereocenters. The van der Waals surface area contributed by atoms with Gasteiger partial charge in [0.2, 0.25) is 0 Å². The molecule has 0 fully saturated rings. The fraction of sp³-hybridized carbons (Fsp3) is 0.500. The highest BCUT2D eigenvalue weighted by molar-refractivity contribution is 6.30. The molecule has 18 heavy (non-hydrogen) atoms.